The molecule has 19 heavy (non-hydrogen) atoms. The van der Waals surface area contributed by atoms with Gasteiger partial charge in [0.15, 0.2) is 0 Å². The third kappa shape index (κ3) is 3.25. The highest BCUT2D eigenvalue weighted by molar-refractivity contribution is 7.80. The lowest BCUT2D eigenvalue weighted by molar-refractivity contribution is 1.34. The topological polar surface area (TPSA) is 38.0 Å². The first-order valence-corrected chi connectivity index (χ1v) is 6.69. The molecule has 0 aliphatic rings. The summed E-state index contributed by atoms with van der Waals surface area (Å²) in [4.78, 5) is 0.308. The van der Waals surface area contributed by atoms with E-state index < -0.39 is 0 Å². The van der Waals surface area contributed by atoms with Crippen molar-refractivity contribution in [2.45, 2.75) is 13.8 Å². The van der Waals surface area contributed by atoms with Gasteiger partial charge in [0.1, 0.15) is 4.99 Å². The molecule has 0 atom stereocenters. The number of thiocarbonyl (C=S) groups is 1. The minimum absolute atomic E-state index is 0.308. The third-order valence-electron chi connectivity index (χ3n) is 3.03. The van der Waals surface area contributed by atoms with Crippen molar-refractivity contribution in [1.29, 1.82) is 0 Å². The summed E-state index contributed by atoms with van der Waals surface area (Å²) in [5.74, 6) is 0. The van der Waals surface area contributed by atoms with Crippen LogP contribution in [0.2, 0.25) is 5.02 Å². The number of hydrogen-bond acceptors (Lipinski definition) is 2. The zero-order valence-electron chi connectivity index (χ0n) is 10.8. The van der Waals surface area contributed by atoms with E-state index in [1.54, 1.807) is 0 Å². The Labute approximate surface area is 123 Å². The third-order valence-corrected chi connectivity index (χ3v) is 3.56. The summed E-state index contributed by atoms with van der Waals surface area (Å²) in [6.45, 7) is 4.18. The van der Waals surface area contributed by atoms with E-state index in [1.165, 1.54) is 11.1 Å². The molecule has 2 rings (SSSR count). The van der Waals surface area contributed by atoms with Crippen molar-refractivity contribution >= 4 is 40.2 Å². The minimum atomic E-state index is 0.308. The summed E-state index contributed by atoms with van der Waals surface area (Å²) in [6.07, 6.45) is 0. The molecule has 0 aromatic heterocycles. The lowest BCUT2D eigenvalue weighted by atomic mass is 10.1. The van der Waals surface area contributed by atoms with Crippen molar-refractivity contribution < 1.29 is 0 Å². The number of aryl methyl sites for hydroxylation is 2. The highest BCUT2D eigenvalue weighted by Crippen LogP contribution is 2.24. The Bertz CT molecular complexity index is 638. The van der Waals surface area contributed by atoms with Gasteiger partial charge in [-0.25, -0.2) is 0 Å². The van der Waals surface area contributed by atoms with Gasteiger partial charge in [-0.15, -0.1) is 0 Å². The standard InChI is InChI=1S/C15H15ClN2S/c1-9-3-4-11(7-10(9)2)18-12-5-6-13(15(17)19)14(16)8-12/h3-8,18H,1-2H3,(H2,17,19). The van der Waals surface area contributed by atoms with Gasteiger partial charge in [-0.3, -0.25) is 0 Å². The van der Waals surface area contributed by atoms with E-state index in [2.05, 4.69) is 31.3 Å². The monoisotopic (exact) mass is 290 g/mol. The first kappa shape index (κ1) is 13.8. The molecule has 0 saturated carbocycles. The van der Waals surface area contributed by atoms with Crippen molar-refractivity contribution in [3.63, 3.8) is 0 Å². The number of anilines is 2. The number of halogens is 1. The molecule has 0 fully saturated rings. The van der Waals surface area contributed by atoms with Crippen molar-refractivity contribution in [3.8, 4) is 0 Å². The average Bonchev–Trinajstić information content (AvgIpc) is 2.33. The maximum atomic E-state index is 6.14. The molecule has 2 aromatic carbocycles. The Hall–Kier alpha value is -1.58. The molecule has 3 N–H and O–H groups in total. The Morgan fingerprint density at radius 2 is 1.68 bits per heavy atom. The first-order valence-electron chi connectivity index (χ1n) is 5.91. The molecule has 0 heterocycles. The highest BCUT2D eigenvalue weighted by atomic mass is 35.5. The van der Waals surface area contributed by atoms with Crippen molar-refractivity contribution in [2.24, 2.45) is 5.73 Å². The predicted octanol–water partition coefficient (Wildman–Crippen LogP) is 4.33. The maximum Gasteiger partial charge on any atom is 0.105 e. The molecule has 2 aromatic rings. The minimum Gasteiger partial charge on any atom is -0.389 e. The lowest BCUT2D eigenvalue weighted by Gasteiger charge is -2.10. The fourth-order valence-electron chi connectivity index (χ4n) is 1.78. The molecule has 0 bridgehead atoms. The molecule has 0 aliphatic carbocycles. The summed E-state index contributed by atoms with van der Waals surface area (Å²) in [7, 11) is 0. The lowest BCUT2D eigenvalue weighted by Crippen LogP contribution is -2.09. The van der Waals surface area contributed by atoms with E-state index in [1.807, 2.05) is 24.3 Å². The summed E-state index contributed by atoms with van der Waals surface area (Å²) in [5, 5.41) is 3.87. The van der Waals surface area contributed by atoms with Crippen LogP contribution >= 0.6 is 23.8 Å². The van der Waals surface area contributed by atoms with E-state index >= 15 is 0 Å². The highest BCUT2D eigenvalue weighted by Gasteiger charge is 2.05. The van der Waals surface area contributed by atoms with Crippen molar-refractivity contribution in [3.05, 3.63) is 58.1 Å². The van der Waals surface area contributed by atoms with Crippen LogP contribution in [0.15, 0.2) is 36.4 Å². The molecule has 0 unspecified atom stereocenters. The van der Waals surface area contributed by atoms with Crippen molar-refractivity contribution in [2.75, 3.05) is 5.32 Å². The van der Waals surface area contributed by atoms with E-state index in [4.69, 9.17) is 29.6 Å². The summed E-state index contributed by atoms with van der Waals surface area (Å²) < 4.78 is 0. The van der Waals surface area contributed by atoms with Crippen LogP contribution < -0.4 is 11.1 Å². The second-order valence-corrected chi connectivity index (χ2v) is 5.33. The van der Waals surface area contributed by atoms with Gasteiger partial charge in [-0.05, 0) is 55.3 Å². The molecule has 4 heteroatoms. The van der Waals surface area contributed by atoms with Crippen molar-refractivity contribution in [1.82, 2.24) is 0 Å². The molecule has 0 amide bonds. The van der Waals surface area contributed by atoms with Crippen LogP contribution in [0.25, 0.3) is 0 Å². The normalized spacial score (nSPS) is 10.3. The van der Waals surface area contributed by atoms with E-state index in [0.29, 0.717) is 15.6 Å². The number of nitrogens with one attached hydrogen (secondary N) is 1. The Balaban J connectivity index is 2.26. The zero-order valence-corrected chi connectivity index (χ0v) is 12.4. The molecule has 0 saturated heterocycles. The summed E-state index contributed by atoms with van der Waals surface area (Å²) >= 11 is 11.1. The largest absolute Gasteiger partial charge is 0.389 e. The summed E-state index contributed by atoms with van der Waals surface area (Å²) in [6, 6.07) is 11.8. The number of rotatable bonds is 3. The fourth-order valence-corrected chi connectivity index (χ4v) is 2.29. The van der Waals surface area contributed by atoms with Gasteiger partial charge in [0.25, 0.3) is 0 Å². The molecule has 0 radical (unpaired) electrons. The van der Waals surface area contributed by atoms with Gasteiger partial charge in [0.2, 0.25) is 0 Å². The van der Waals surface area contributed by atoms with Gasteiger partial charge >= 0.3 is 0 Å². The Morgan fingerprint density at radius 3 is 2.26 bits per heavy atom. The molecule has 0 spiro atoms. The molecule has 98 valence electrons. The SMILES string of the molecule is Cc1ccc(Nc2ccc(C(N)=S)c(Cl)c2)cc1C. The van der Waals surface area contributed by atoms with E-state index in [-0.39, 0.29) is 0 Å². The quantitative estimate of drug-likeness (QED) is 0.826. The van der Waals surface area contributed by atoms with Gasteiger partial charge in [-0.1, -0.05) is 29.9 Å². The second kappa shape index (κ2) is 5.59. The maximum absolute atomic E-state index is 6.14. The van der Waals surface area contributed by atoms with Crippen LogP contribution in [0.3, 0.4) is 0 Å². The zero-order chi connectivity index (χ0) is 14.0. The average molecular weight is 291 g/mol. The second-order valence-electron chi connectivity index (χ2n) is 4.48. The van der Waals surface area contributed by atoms with Crippen LogP contribution in [-0.4, -0.2) is 4.99 Å². The van der Waals surface area contributed by atoms with E-state index in [9.17, 15) is 0 Å². The van der Waals surface area contributed by atoms with Crippen LogP contribution in [0.1, 0.15) is 16.7 Å². The first-order chi connectivity index (χ1) is 8.97. The molecule has 2 nitrogen and oxygen atoms in total. The van der Waals surface area contributed by atoms with Gasteiger partial charge in [0, 0.05) is 16.9 Å². The Morgan fingerprint density at radius 1 is 1.05 bits per heavy atom. The Kier molecular flexibility index (Phi) is 4.08. The van der Waals surface area contributed by atoms with Gasteiger partial charge in [0.05, 0.1) is 5.02 Å². The smallest absolute Gasteiger partial charge is 0.105 e. The molecular weight excluding hydrogens is 276 g/mol. The van der Waals surface area contributed by atoms with Crippen LogP contribution in [0.5, 0.6) is 0 Å². The molecular formula is C15H15ClN2S. The molecule has 0 aliphatic heterocycles. The van der Waals surface area contributed by atoms with Crippen LogP contribution in [0.4, 0.5) is 11.4 Å². The predicted molar refractivity (Wildman–Crippen MR) is 86.5 cm³/mol. The number of benzene rings is 2. The van der Waals surface area contributed by atoms with Gasteiger partial charge < -0.3 is 11.1 Å². The summed E-state index contributed by atoms with van der Waals surface area (Å²) in [5.41, 5.74) is 10.7. The van der Waals surface area contributed by atoms with Crippen LogP contribution in [0, 0.1) is 13.8 Å². The number of nitrogens with two attached hydrogens (primary N) is 1. The van der Waals surface area contributed by atoms with Crippen LogP contribution in [-0.2, 0) is 0 Å². The van der Waals surface area contributed by atoms with Gasteiger partial charge in [-0.2, -0.15) is 0 Å². The number of hydrogen-bond donors (Lipinski definition) is 2. The van der Waals surface area contributed by atoms with E-state index in [0.717, 1.165) is 11.4 Å². The fraction of sp³-hybridized carbons (Fsp3) is 0.133.